The predicted molar refractivity (Wildman–Crippen MR) is 62.7 cm³/mol. The van der Waals surface area contributed by atoms with Gasteiger partial charge in [-0.15, -0.1) is 0 Å². The summed E-state index contributed by atoms with van der Waals surface area (Å²) in [6.07, 6.45) is 4.73. The summed E-state index contributed by atoms with van der Waals surface area (Å²) in [5, 5.41) is 2.88. The van der Waals surface area contributed by atoms with E-state index in [2.05, 4.69) is 18.7 Å². The Morgan fingerprint density at radius 2 is 2.07 bits per heavy atom. The van der Waals surface area contributed by atoms with Crippen molar-refractivity contribution in [3.63, 3.8) is 0 Å². The van der Waals surface area contributed by atoms with Crippen molar-refractivity contribution in [2.45, 2.75) is 65.5 Å². The summed E-state index contributed by atoms with van der Waals surface area (Å²) in [6, 6.07) is 0.219. The van der Waals surface area contributed by atoms with Crippen LogP contribution in [0.4, 0.5) is 4.79 Å². The summed E-state index contributed by atoms with van der Waals surface area (Å²) in [5.74, 6) is 0. The first-order chi connectivity index (χ1) is 6.89. The average molecular weight is 214 g/mol. The van der Waals surface area contributed by atoms with Crippen molar-refractivity contribution in [3.8, 4) is 0 Å². The number of nitrogens with one attached hydrogen (secondary N) is 1. The second-order valence-electron chi connectivity index (χ2n) is 4.74. The largest absolute Gasteiger partial charge is 0.444 e. The van der Waals surface area contributed by atoms with Crippen molar-refractivity contribution in [1.29, 1.82) is 0 Å². The summed E-state index contributed by atoms with van der Waals surface area (Å²) in [7, 11) is 0. The van der Waals surface area contributed by atoms with Gasteiger partial charge in [0.05, 0.1) is 0 Å². The zero-order valence-corrected chi connectivity index (χ0v) is 10.6. The van der Waals surface area contributed by atoms with Crippen LogP contribution in [0.3, 0.4) is 0 Å². The highest BCUT2D eigenvalue weighted by atomic mass is 16.6. The zero-order valence-electron chi connectivity index (χ0n) is 10.6. The smallest absolute Gasteiger partial charge is 0.407 e. The molecule has 1 unspecified atom stereocenters. The molecule has 3 nitrogen and oxygen atoms in total. The molecule has 0 rings (SSSR count). The van der Waals surface area contributed by atoms with Gasteiger partial charge in [0.2, 0.25) is 0 Å². The van der Waals surface area contributed by atoms with E-state index in [9.17, 15) is 4.79 Å². The van der Waals surface area contributed by atoms with Gasteiger partial charge in [-0.05, 0) is 46.5 Å². The van der Waals surface area contributed by atoms with Crippen molar-refractivity contribution < 1.29 is 9.53 Å². The minimum Gasteiger partial charge on any atom is -0.444 e. The molecule has 0 aromatic heterocycles. The third-order valence-corrected chi connectivity index (χ3v) is 2.02. The number of rotatable bonds is 5. The Hall–Kier alpha value is -0.730. The van der Waals surface area contributed by atoms with Crippen LogP contribution in [-0.2, 0) is 4.74 Å². The maximum absolute atomic E-state index is 11.4. The van der Waals surface area contributed by atoms with E-state index in [4.69, 9.17) is 4.74 Å². The quantitative estimate of drug-likeness (QED) is 0.762. The Morgan fingerprint density at radius 3 is 2.47 bits per heavy atom. The highest BCUT2D eigenvalue weighted by Gasteiger charge is 2.18. The molecule has 1 N–H and O–H groups in total. The van der Waals surface area contributed by atoms with Crippen LogP contribution in [0.15, 0.2) is 0 Å². The molecule has 0 aliphatic heterocycles. The Kier molecular flexibility index (Phi) is 6.37. The monoisotopic (exact) mass is 214 g/mol. The van der Waals surface area contributed by atoms with Crippen LogP contribution in [0.25, 0.3) is 0 Å². The number of hydrogen-bond acceptors (Lipinski definition) is 2. The first-order valence-corrected chi connectivity index (χ1v) is 5.66. The maximum atomic E-state index is 11.4. The number of hydrogen-bond donors (Lipinski definition) is 1. The number of carbonyl (C=O) groups excluding carboxylic acids is 1. The standard InChI is InChI=1S/C12H24NO2/c1-6-8-9-10(7-2)13-11(14)15-12(3,4)5/h6,10H,7-9H2,1-5H3,(H,13,14). The van der Waals surface area contributed by atoms with Crippen LogP contribution in [0.2, 0.25) is 0 Å². The van der Waals surface area contributed by atoms with E-state index in [1.54, 1.807) is 0 Å². The Bertz CT molecular complexity index is 185. The molecule has 0 saturated carbocycles. The number of unbranched alkanes of at least 4 members (excludes halogenated alkanes) is 1. The van der Waals surface area contributed by atoms with Crippen LogP contribution < -0.4 is 5.32 Å². The van der Waals surface area contributed by atoms with Gasteiger partial charge in [-0.1, -0.05) is 13.8 Å². The van der Waals surface area contributed by atoms with Gasteiger partial charge in [0.1, 0.15) is 5.60 Å². The molecule has 1 radical (unpaired) electrons. The van der Waals surface area contributed by atoms with E-state index in [1.165, 1.54) is 0 Å². The lowest BCUT2D eigenvalue weighted by Gasteiger charge is -2.23. The number of carbonyl (C=O) groups is 1. The van der Waals surface area contributed by atoms with E-state index in [0.717, 1.165) is 19.3 Å². The molecule has 0 aromatic rings. The van der Waals surface area contributed by atoms with Gasteiger partial charge in [0.25, 0.3) is 0 Å². The lowest BCUT2D eigenvalue weighted by Crippen LogP contribution is -2.38. The lowest BCUT2D eigenvalue weighted by atomic mass is 10.1. The van der Waals surface area contributed by atoms with Crippen LogP contribution in [-0.4, -0.2) is 17.7 Å². The maximum Gasteiger partial charge on any atom is 0.407 e. The predicted octanol–water partition coefficient (Wildman–Crippen LogP) is 3.29. The zero-order chi connectivity index (χ0) is 11.9. The van der Waals surface area contributed by atoms with E-state index in [1.807, 2.05) is 27.7 Å². The van der Waals surface area contributed by atoms with Gasteiger partial charge in [0.15, 0.2) is 0 Å². The summed E-state index contributed by atoms with van der Waals surface area (Å²) < 4.78 is 5.19. The molecule has 0 fully saturated rings. The molecule has 0 heterocycles. The average Bonchev–Trinajstić information content (AvgIpc) is 2.09. The third kappa shape index (κ3) is 8.28. The fourth-order valence-electron chi connectivity index (χ4n) is 1.22. The molecule has 0 aromatic carbocycles. The summed E-state index contributed by atoms with van der Waals surface area (Å²) >= 11 is 0. The lowest BCUT2D eigenvalue weighted by molar-refractivity contribution is 0.0500. The van der Waals surface area contributed by atoms with Gasteiger partial charge in [-0.25, -0.2) is 4.79 Å². The summed E-state index contributed by atoms with van der Waals surface area (Å²) in [6.45, 7) is 9.70. The van der Waals surface area contributed by atoms with Crippen LogP contribution in [0, 0.1) is 6.42 Å². The molecular weight excluding hydrogens is 190 g/mol. The second kappa shape index (κ2) is 6.70. The van der Waals surface area contributed by atoms with Crippen molar-refractivity contribution >= 4 is 6.09 Å². The van der Waals surface area contributed by atoms with E-state index < -0.39 is 5.60 Å². The van der Waals surface area contributed by atoms with Crippen LogP contribution in [0.1, 0.15) is 53.9 Å². The van der Waals surface area contributed by atoms with Gasteiger partial charge < -0.3 is 10.1 Å². The SMILES string of the molecule is C[CH]CCC(CC)NC(=O)OC(C)(C)C. The van der Waals surface area contributed by atoms with Crippen molar-refractivity contribution in [2.75, 3.05) is 0 Å². The van der Waals surface area contributed by atoms with Crippen molar-refractivity contribution in [3.05, 3.63) is 6.42 Å². The molecule has 0 aliphatic carbocycles. The van der Waals surface area contributed by atoms with Gasteiger partial charge in [-0.2, -0.15) is 0 Å². The molecule has 89 valence electrons. The second-order valence-corrected chi connectivity index (χ2v) is 4.74. The molecule has 0 spiro atoms. The molecule has 3 heteroatoms. The van der Waals surface area contributed by atoms with Crippen molar-refractivity contribution in [2.24, 2.45) is 0 Å². The first-order valence-electron chi connectivity index (χ1n) is 5.66. The Morgan fingerprint density at radius 1 is 1.47 bits per heavy atom. The Labute approximate surface area is 93.6 Å². The van der Waals surface area contributed by atoms with Crippen LogP contribution in [0.5, 0.6) is 0 Å². The topological polar surface area (TPSA) is 38.3 Å². The first kappa shape index (κ1) is 14.3. The van der Waals surface area contributed by atoms with Gasteiger partial charge in [-0.3, -0.25) is 0 Å². The number of amides is 1. The van der Waals surface area contributed by atoms with E-state index in [0.29, 0.717) is 0 Å². The van der Waals surface area contributed by atoms with Crippen molar-refractivity contribution in [1.82, 2.24) is 5.32 Å². The highest BCUT2D eigenvalue weighted by molar-refractivity contribution is 5.68. The highest BCUT2D eigenvalue weighted by Crippen LogP contribution is 2.09. The summed E-state index contributed by atoms with van der Waals surface area (Å²) in [4.78, 5) is 11.4. The number of alkyl carbamates (subject to hydrolysis) is 1. The molecular formula is C12H24NO2. The molecule has 0 bridgehead atoms. The number of ether oxygens (including phenoxy) is 1. The van der Waals surface area contributed by atoms with E-state index in [-0.39, 0.29) is 12.1 Å². The fraction of sp³-hybridized carbons (Fsp3) is 0.833. The van der Waals surface area contributed by atoms with Gasteiger partial charge >= 0.3 is 6.09 Å². The minimum absolute atomic E-state index is 0.219. The fourth-order valence-corrected chi connectivity index (χ4v) is 1.22. The van der Waals surface area contributed by atoms with Gasteiger partial charge in [0, 0.05) is 6.04 Å². The molecule has 1 atom stereocenters. The molecule has 0 saturated heterocycles. The molecule has 1 amide bonds. The molecule has 15 heavy (non-hydrogen) atoms. The Balaban J connectivity index is 3.91. The van der Waals surface area contributed by atoms with Crippen LogP contribution >= 0.6 is 0 Å². The normalized spacial score (nSPS) is 13.4. The van der Waals surface area contributed by atoms with E-state index >= 15 is 0 Å². The molecule has 0 aliphatic rings. The third-order valence-electron chi connectivity index (χ3n) is 2.02. The minimum atomic E-state index is -0.417. The summed E-state index contributed by atoms with van der Waals surface area (Å²) in [5.41, 5.74) is -0.417.